The highest BCUT2D eigenvalue weighted by atomic mass is 16.7. The fraction of sp³-hybridized carbons (Fsp3) is 0.588. The molecular weight excluding hydrogens is 546 g/mol. The van der Waals surface area contributed by atoms with Crippen LogP contribution in [0.2, 0.25) is 0 Å². The maximum Gasteiger partial charge on any atom is 0.243 e. The maximum absolute atomic E-state index is 12.2. The number of rotatable bonds is 11. The number of nitrogens with one attached hydrogen (secondary N) is 2. The number of hydrogen-bond acceptors (Lipinski definition) is 7. The lowest BCUT2D eigenvalue weighted by Gasteiger charge is -2.41. The van der Waals surface area contributed by atoms with Crippen LogP contribution < -0.4 is 10.8 Å². The molecule has 234 valence electrons. The largest absolute Gasteiger partial charge is 0.392 e. The molecular formula is C34H47N3O6. The van der Waals surface area contributed by atoms with Crippen molar-refractivity contribution in [3.63, 3.8) is 0 Å². The van der Waals surface area contributed by atoms with E-state index in [1.165, 1.54) is 19.3 Å². The minimum absolute atomic E-state index is 0.0132. The lowest BCUT2D eigenvalue weighted by atomic mass is 9.65. The molecule has 2 saturated heterocycles. The molecule has 3 fully saturated rings. The number of ether oxygens (including phenoxy) is 2. The van der Waals surface area contributed by atoms with Crippen LogP contribution in [-0.4, -0.2) is 52.3 Å². The molecule has 2 aliphatic heterocycles. The summed E-state index contributed by atoms with van der Waals surface area (Å²) in [5.74, 6) is -0.640. The van der Waals surface area contributed by atoms with Gasteiger partial charge in [0.05, 0.1) is 18.8 Å². The van der Waals surface area contributed by atoms with Gasteiger partial charge in [-0.25, -0.2) is 5.48 Å². The Kier molecular flexibility index (Phi) is 9.88. The molecule has 0 radical (unpaired) electrons. The quantitative estimate of drug-likeness (QED) is 0.216. The molecule has 0 spiro atoms. The average molecular weight is 594 g/mol. The van der Waals surface area contributed by atoms with E-state index < -0.39 is 12.2 Å². The highest BCUT2D eigenvalue weighted by molar-refractivity contribution is 5.78. The van der Waals surface area contributed by atoms with Gasteiger partial charge in [-0.15, -0.1) is 0 Å². The van der Waals surface area contributed by atoms with Crippen LogP contribution in [0.25, 0.3) is 0 Å². The molecule has 5 atom stereocenters. The van der Waals surface area contributed by atoms with Crippen LogP contribution in [0.5, 0.6) is 0 Å². The van der Waals surface area contributed by atoms with Gasteiger partial charge in [-0.3, -0.25) is 19.7 Å². The predicted octanol–water partition coefficient (Wildman–Crippen LogP) is 4.92. The first-order valence-electron chi connectivity index (χ1n) is 15.6. The smallest absolute Gasteiger partial charge is 0.243 e. The van der Waals surface area contributed by atoms with E-state index in [1.54, 1.807) is 5.48 Å². The number of nitrogens with zero attached hydrogens (tertiary/aromatic N) is 1. The van der Waals surface area contributed by atoms with E-state index in [2.05, 4.69) is 31.0 Å². The van der Waals surface area contributed by atoms with Gasteiger partial charge >= 0.3 is 0 Å². The summed E-state index contributed by atoms with van der Waals surface area (Å²) in [7, 11) is 0. The van der Waals surface area contributed by atoms with Gasteiger partial charge < -0.3 is 19.9 Å². The third-order valence-corrected chi connectivity index (χ3v) is 9.25. The van der Waals surface area contributed by atoms with Gasteiger partial charge in [-0.2, -0.15) is 0 Å². The third kappa shape index (κ3) is 8.22. The minimum Gasteiger partial charge on any atom is -0.392 e. The van der Waals surface area contributed by atoms with Gasteiger partial charge in [0.2, 0.25) is 11.8 Å². The summed E-state index contributed by atoms with van der Waals surface area (Å²) in [5.41, 5.74) is 6.14. The van der Waals surface area contributed by atoms with Gasteiger partial charge in [0.25, 0.3) is 0 Å². The highest BCUT2D eigenvalue weighted by Gasteiger charge is 2.50. The van der Waals surface area contributed by atoms with Crippen molar-refractivity contribution in [1.29, 1.82) is 0 Å². The Morgan fingerprint density at radius 2 is 1.60 bits per heavy atom. The second-order valence-electron chi connectivity index (χ2n) is 13.9. The number of carbonyl (C=O) groups excluding carboxylic acids is 2. The zero-order valence-electron chi connectivity index (χ0n) is 25.7. The molecule has 0 aromatic heterocycles. The first-order valence-corrected chi connectivity index (χ1v) is 15.6. The van der Waals surface area contributed by atoms with Crippen LogP contribution in [0.4, 0.5) is 0 Å². The van der Waals surface area contributed by atoms with Crippen molar-refractivity contribution in [1.82, 2.24) is 15.7 Å². The Balaban J connectivity index is 1.25. The summed E-state index contributed by atoms with van der Waals surface area (Å²) in [5, 5.41) is 21.0. The number of aliphatic hydroxyl groups excluding tert-OH is 1. The molecule has 2 unspecified atom stereocenters. The molecule has 2 bridgehead atoms. The summed E-state index contributed by atoms with van der Waals surface area (Å²) in [6.07, 6.45) is 4.55. The van der Waals surface area contributed by atoms with Crippen molar-refractivity contribution in [3.8, 4) is 0 Å². The van der Waals surface area contributed by atoms with Crippen molar-refractivity contribution >= 4 is 11.8 Å². The molecule has 2 amide bonds. The molecule has 1 aliphatic carbocycles. The molecule has 43 heavy (non-hydrogen) atoms. The predicted molar refractivity (Wildman–Crippen MR) is 162 cm³/mol. The summed E-state index contributed by atoms with van der Waals surface area (Å²) < 4.78 is 13.2. The van der Waals surface area contributed by atoms with Crippen molar-refractivity contribution in [2.75, 3.05) is 13.1 Å². The summed E-state index contributed by atoms with van der Waals surface area (Å²) in [6, 6.07) is 16.5. The summed E-state index contributed by atoms with van der Waals surface area (Å²) >= 11 is 0. The maximum atomic E-state index is 12.2. The first kappa shape index (κ1) is 31.6. The van der Waals surface area contributed by atoms with E-state index >= 15 is 0 Å². The Hall–Kier alpha value is -2.82. The monoisotopic (exact) mass is 593 g/mol. The lowest BCUT2D eigenvalue weighted by Crippen LogP contribution is -2.42. The van der Waals surface area contributed by atoms with Gasteiger partial charge in [0, 0.05) is 50.5 Å². The number of amides is 2. The fourth-order valence-electron chi connectivity index (χ4n) is 7.63. The van der Waals surface area contributed by atoms with Gasteiger partial charge in [-0.1, -0.05) is 69.3 Å². The molecule has 1 saturated carbocycles. The van der Waals surface area contributed by atoms with E-state index in [0.29, 0.717) is 29.8 Å². The van der Waals surface area contributed by atoms with Crippen molar-refractivity contribution in [2.24, 2.45) is 10.8 Å². The van der Waals surface area contributed by atoms with E-state index in [-0.39, 0.29) is 37.6 Å². The van der Waals surface area contributed by atoms with Crippen molar-refractivity contribution in [3.05, 3.63) is 70.8 Å². The Bertz CT molecular complexity index is 1250. The lowest BCUT2D eigenvalue weighted by molar-refractivity contribution is -0.253. The number of carbonyl (C=O) groups is 2. The van der Waals surface area contributed by atoms with Gasteiger partial charge in [-0.05, 0) is 53.2 Å². The SMILES string of the molecule is CC1(C)CC2CC(C)(CN2C[C@H]2C[C@@H](c3ccc(CO)cc3)O[C@@H](c3ccc(CNC(=O)CCCC(=O)NO)cc3)O2)C1. The van der Waals surface area contributed by atoms with E-state index in [4.69, 9.17) is 14.7 Å². The Labute approximate surface area is 254 Å². The molecule has 4 N–H and O–H groups in total. The zero-order chi connectivity index (χ0) is 30.6. The minimum atomic E-state index is -0.517. The Morgan fingerprint density at radius 1 is 0.930 bits per heavy atom. The number of likely N-dealkylation sites (tertiary alicyclic amines) is 1. The highest BCUT2D eigenvalue weighted by Crippen LogP contribution is 2.53. The number of fused-ring (bicyclic) bond motifs is 2. The van der Waals surface area contributed by atoms with Gasteiger partial charge in [0.1, 0.15) is 0 Å². The number of hydrogen-bond donors (Lipinski definition) is 4. The molecule has 2 heterocycles. The molecule has 3 aliphatic rings. The number of benzene rings is 2. The van der Waals surface area contributed by atoms with Crippen LogP contribution in [0.15, 0.2) is 48.5 Å². The Morgan fingerprint density at radius 3 is 2.30 bits per heavy atom. The molecule has 9 nitrogen and oxygen atoms in total. The third-order valence-electron chi connectivity index (χ3n) is 9.25. The van der Waals surface area contributed by atoms with Crippen LogP contribution in [0, 0.1) is 10.8 Å². The van der Waals surface area contributed by atoms with Crippen LogP contribution in [0.1, 0.15) is 100 Å². The standard InChI is InChI=1S/C34H47N3O6/c1-33(2)16-27-17-34(3,21-33)22-37(27)19-28-15-29(25-11-9-24(20-38)10-12-25)43-32(42-28)26-13-7-23(8-14-26)18-35-30(39)5-4-6-31(40)36-41/h7-14,27-29,32,38,41H,4-6,15-22H2,1-3H3,(H,35,39)(H,36,40)/t27?,28-,29+,32+,34?/m1/s1. The molecule has 2 aromatic rings. The normalized spacial score (nSPS) is 28.4. The van der Waals surface area contributed by atoms with E-state index in [1.807, 2.05) is 48.5 Å². The van der Waals surface area contributed by atoms with Crippen LogP contribution in [-0.2, 0) is 32.2 Å². The van der Waals surface area contributed by atoms with Gasteiger partial charge in [0.15, 0.2) is 6.29 Å². The summed E-state index contributed by atoms with van der Waals surface area (Å²) in [4.78, 5) is 25.9. The van der Waals surface area contributed by atoms with Crippen molar-refractivity contribution < 1.29 is 29.4 Å². The van der Waals surface area contributed by atoms with Crippen LogP contribution in [0.3, 0.4) is 0 Å². The molecule has 9 heteroatoms. The fourth-order valence-corrected chi connectivity index (χ4v) is 7.63. The average Bonchev–Trinajstić information content (AvgIpc) is 3.22. The second-order valence-corrected chi connectivity index (χ2v) is 13.9. The topological polar surface area (TPSA) is 120 Å². The zero-order valence-corrected chi connectivity index (χ0v) is 25.7. The second kappa shape index (κ2) is 13.4. The summed E-state index contributed by atoms with van der Waals surface area (Å²) in [6.45, 7) is 9.64. The first-order chi connectivity index (χ1) is 20.5. The number of aliphatic hydroxyl groups is 1. The number of hydroxylamine groups is 1. The van der Waals surface area contributed by atoms with E-state index in [9.17, 15) is 14.7 Å². The van der Waals surface area contributed by atoms with E-state index in [0.717, 1.165) is 41.8 Å². The van der Waals surface area contributed by atoms with Crippen LogP contribution >= 0.6 is 0 Å². The molecule has 5 rings (SSSR count). The van der Waals surface area contributed by atoms with Crippen molar-refractivity contribution in [2.45, 2.75) is 103 Å². The molecule has 2 aromatic carbocycles.